The predicted octanol–water partition coefficient (Wildman–Crippen LogP) is 2.45. The van der Waals surface area contributed by atoms with Crippen molar-refractivity contribution in [2.75, 3.05) is 25.1 Å². The zero-order chi connectivity index (χ0) is 12.3. The van der Waals surface area contributed by atoms with Crippen LogP contribution in [0.4, 0.5) is 0 Å². The van der Waals surface area contributed by atoms with Gasteiger partial charge >= 0.3 is 0 Å². The van der Waals surface area contributed by atoms with E-state index in [4.69, 9.17) is 5.73 Å². The normalized spacial score (nSPS) is 26.6. The first kappa shape index (κ1) is 13.4. The predicted molar refractivity (Wildman–Crippen MR) is 79.0 cm³/mol. The van der Waals surface area contributed by atoms with Crippen molar-refractivity contribution in [3.05, 3.63) is 22.4 Å². The third-order valence-corrected chi connectivity index (χ3v) is 6.08. The van der Waals surface area contributed by atoms with Gasteiger partial charge in [-0.15, -0.1) is 11.3 Å². The van der Waals surface area contributed by atoms with Gasteiger partial charge in [0.05, 0.1) is 0 Å². The summed E-state index contributed by atoms with van der Waals surface area (Å²) < 4.78 is 0. The molecule has 2 rings (SSSR count). The number of hydrogen-bond donors (Lipinski definition) is 1. The van der Waals surface area contributed by atoms with E-state index in [1.54, 1.807) is 0 Å². The third kappa shape index (κ3) is 2.87. The zero-order valence-corrected chi connectivity index (χ0v) is 12.3. The van der Waals surface area contributed by atoms with Crippen molar-refractivity contribution >= 4 is 23.1 Å². The second kappa shape index (κ2) is 5.74. The van der Waals surface area contributed by atoms with Crippen molar-refractivity contribution in [2.45, 2.75) is 31.3 Å². The lowest BCUT2D eigenvalue weighted by Gasteiger charge is -2.41. The summed E-state index contributed by atoms with van der Waals surface area (Å²) in [7, 11) is 2.25. The fourth-order valence-electron chi connectivity index (χ4n) is 2.50. The van der Waals surface area contributed by atoms with E-state index >= 15 is 0 Å². The number of nitrogens with two attached hydrogens (primary N) is 1. The number of thiophene rings is 1. The first-order chi connectivity index (χ1) is 8.18. The maximum Gasteiger partial charge on any atom is 0.0429 e. The summed E-state index contributed by atoms with van der Waals surface area (Å²) in [4.78, 5) is 3.99. The standard InChI is InChI=1S/C13H22N2S2/c1-11(8-12-4-3-6-17-12)15(2)13(9-14)5-7-16-10-13/h3-4,6,11H,5,7-10,14H2,1-2H3. The van der Waals surface area contributed by atoms with E-state index in [2.05, 4.69) is 36.4 Å². The molecule has 0 aromatic carbocycles. The largest absolute Gasteiger partial charge is 0.329 e. The Labute approximate surface area is 113 Å². The average Bonchev–Trinajstić information content (AvgIpc) is 2.99. The summed E-state index contributed by atoms with van der Waals surface area (Å²) in [6.07, 6.45) is 2.38. The van der Waals surface area contributed by atoms with Crippen molar-refractivity contribution in [3.8, 4) is 0 Å². The van der Waals surface area contributed by atoms with Gasteiger partial charge in [-0.3, -0.25) is 4.90 Å². The van der Waals surface area contributed by atoms with Gasteiger partial charge in [-0.05, 0) is 44.0 Å². The van der Waals surface area contributed by atoms with Gasteiger partial charge in [0.25, 0.3) is 0 Å². The van der Waals surface area contributed by atoms with Crippen LogP contribution in [-0.2, 0) is 6.42 Å². The van der Waals surface area contributed by atoms with Crippen LogP contribution in [0.1, 0.15) is 18.2 Å². The van der Waals surface area contributed by atoms with Crippen LogP contribution in [0, 0.1) is 0 Å². The van der Waals surface area contributed by atoms with E-state index in [1.807, 2.05) is 23.1 Å². The molecule has 2 unspecified atom stereocenters. The highest BCUT2D eigenvalue weighted by Gasteiger charge is 2.38. The minimum Gasteiger partial charge on any atom is -0.329 e. The summed E-state index contributed by atoms with van der Waals surface area (Å²) >= 11 is 3.89. The Kier molecular flexibility index (Phi) is 4.53. The van der Waals surface area contributed by atoms with Crippen LogP contribution in [0.2, 0.25) is 0 Å². The van der Waals surface area contributed by atoms with Crippen LogP contribution in [0.25, 0.3) is 0 Å². The Morgan fingerprint density at radius 3 is 2.94 bits per heavy atom. The Balaban J connectivity index is 2.00. The molecule has 1 aliphatic heterocycles. The number of thioether (sulfide) groups is 1. The van der Waals surface area contributed by atoms with Gasteiger partial charge in [0.15, 0.2) is 0 Å². The maximum absolute atomic E-state index is 6.03. The molecular formula is C13H22N2S2. The molecule has 0 spiro atoms. The van der Waals surface area contributed by atoms with Gasteiger partial charge in [-0.25, -0.2) is 0 Å². The molecule has 2 heterocycles. The highest BCUT2D eigenvalue weighted by Crippen LogP contribution is 2.33. The summed E-state index contributed by atoms with van der Waals surface area (Å²) in [6.45, 7) is 3.10. The maximum atomic E-state index is 6.03. The summed E-state index contributed by atoms with van der Waals surface area (Å²) in [5, 5.41) is 2.16. The van der Waals surface area contributed by atoms with Crippen LogP contribution in [0.3, 0.4) is 0 Å². The van der Waals surface area contributed by atoms with Gasteiger partial charge in [0, 0.05) is 28.8 Å². The molecule has 1 fully saturated rings. The molecule has 0 bridgehead atoms. The summed E-state index contributed by atoms with van der Waals surface area (Å²) in [6, 6.07) is 4.93. The Morgan fingerprint density at radius 1 is 1.59 bits per heavy atom. The van der Waals surface area contributed by atoms with E-state index in [-0.39, 0.29) is 5.54 Å². The van der Waals surface area contributed by atoms with Gasteiger partial charge in [0.1, 0.15) is 0 Å². The molecule has 2 N–H and O–H groups in total. The van der Waals surface area contributed by atoms with E-state index in [0.717, 1.165) is 13.0 Å². The molecule has 1 aromatic rings. The minimum atomic E-state index is 0.237. The monoisotopic (exact) mass is 270 g/mol. The second-order valence-corrected chi connectivity index (χ2v) is 7.11. The topological polar surface area (TPSA) is 29.3 Å². The molecule has 96 valence electrons. The Morgan fingerprint density at radius 2 is 2.41 bits per heavy atom. The summed E-state index contributed by atoms with van der Waals surface area (Å²) in [5.41, 5.74) is 6.27. The number of hydrogen-bond acceptors (Lipinski definition) is 4. The lowest BCUT2D eigenvalue weighted by molar-refractivity contribution is 0.107. The molecule has 17 heavy (non-hydrogen) atoms. The zero-order valence-electron chi connectivity index (χ0n) is 10.7. The Hall–Kier alpha value is -0.0300. The lowest BCUT2D eigenvalue weighted by atomic mass is 9.94. The van der Waals surface area contributed by atoms with Gasteiger partial charge < -0.3 is 5.73 Å². The van der Waals surface area contributed by atoms with Gasteiger partial charge in [-0.1, -0.05) is 6.07 Å². The first-order valence-electron chi connectivity index (χ1n) is 6.21. The molecule has 1 saturated heterocycles. The number of likely N-dealkylation sites (N-methyl/N-ethyl adjacent to an activating group) is 1. The molecule has 0 saturated carbocycles. The minimum absolute atomic E-state index is 0.237. The first-order valence-corrected chi connectivity index (χ1v) is 8.24. The second-order valence-electron chi connectivity index (χ2n) is 4.97. The highest BCUT2D eigenvalue weighted by molar-refractivity contribution is 7.99. The highest BCUT2D eigenvalue weighted by atomic mass is 32.2. The van der Waals surface area contributed by atoms with Gasteiger partial charge in [-0.2, -0.15) is 11.8 Å². The average molecular weight is 270 g/mol. The molecule has 2 atom stereocenters. The molecule has 0 aliphatic carbocycles. The van der Waals surface area contributed by atoms with Crippen molar-refractivity contribution in [2.24, 2.45) is 5.73 Å². The van der Waals surface area contributed by atoms with Crippen molar-refractivity contribution in [1.29, 1.82) is 0 Å². The third-order valence-electron chi connectivity index (χ3n) is 3.95. The molecular weight excluding hydrogens is 248 g/mol. The van der Waals surface area contributed by atoms with Crippen LogP contribution in [-0.4, -0.2) is 41.6 Å². The molecule has 4 heteroatoms. The van der Waals surface area contributed by atoms with Crippen molar-refractivity contribution in [3.63, 3.8) is 0 Å². The van der Waals surface area contributed by atoms with Crippen LogP contribution >= 0.6 is 23.1 Å². The molecule has 0 amide bonds. The van der Waals surface area contributed by atoms with E-state index in [1.165, 1.54) is 22.8 Å². The van der Waals surface area contributed by atoms with Crippen LogP contribution in [0.5, 0.6) is 0 Å². The van der Waals surface area contributed by atoms with Gasteiger partial charge in [0.2, 0.25) is 0 Å². The van der Waals surface area contributed by atoms with E-state index in [0.29, 0.717) is 6.04 Å². The fourth-order valence-corrected chi connectivity index (χ4v) is 4.84. The number of nitrogens with zero attached hydrogens (tertiary/aromatic N) is 1. The van der Waals surface area contributed by atoms with Crippen molar-refractivity contribution < 1.29 is 0 Å². The molecule has 2 nitrogen and oxygen atoms in total. The molecule has 1 aliphatic rings. The van der Waals surface area contributed by atoms with E-state index < -0.39 is 0 Å². The Bertz CT molecular complexity index is 331. The summed E-state index contributed by atoms with van der Waals surface area (Å²) in [5.74, 6) is 2.45. The molecule has 1 aromatic heterocycles. The SMILES string of the molecule is CC(Cc1cccs1)N(C)C1(CN)CCSC1. The lowest BCUT2D eigenvalue weighted by Crippen LogP contribution is -2.56. The molecule has 0 radical (unpaired) electrons. The fraction of sp³-hybridized carbons (Fsp3) is 0.692. The quantitative estimate of drug-likeness (QED) is 0.891. The van der Waals surface area contributed by atoms with E-state index in [9.17, 15) is 0 Å². The van der Waals surface area contributed by atoms with Crippen LogP contribution < -0.4 is 5.73 Å². The smallest absolute Gasteiger partial charge is 0.0429 e. The van der Waals surface area contributed by atoms with Crippen molar-refractivity contribution in [1.82, 2.24) is 4.90 Å². The van der Waals surface area contributed by atoms with Crippen LogP contribution in [0.15, 0.2) is 17.5 Å². The number of rotatable bonds is 5.